The van der Waals surface area contributed by atoms with Crippen molar-refractivity contribution in [1.29, 1.82) is 0 Å². The number of hydrogen-bond acceptors (Lipinski definition) is 5. The minimum Gasteiger partial charge on any atom is -0.493 e. The normalized spacial score (nSPS) is 26.6. The zero-order valence-electron chi connectivity index (χ0n) is 13.8. The van der Waals surface area contributed by atoms with Crippen LogP contribution in [0.4, 0.5) is 0 Å². The lowest BCUT2D eigenvalue weighted by atomic mass is 9.92. The van der Waals surface area contributed by atoms with E-state index in [1.165, 1.54) is 0 Å². The molecule has 2 unspecified atom stereocenters. The van der Waals surface area contributed by atoms with Gasteiger partial charge in [0.05, 0.1) is 14.2 Å². The second-order valence-corrected chi connectivity index (χ2v) is 6.01. The first-order valence-electron chi connectivity index (χ1n) is 7.58. The van der Waals surface area contributed by atoms with Crippen molar-refractivity contribution >= 4 is 0 Å². The third kappa shape index (κ3) is 3.30. The molecular formula is C16H27N3O2. The van der Waals surface area contributed by atoms with Crippen LogP contribution in [0.25, 0.3) is 0 Å². The van der Waals surface area contributed by atoms with Crippen LogP contribution in [0.1, 0.15) is 32.9 Å². The number of ether oxygens (including phenoxy) is 2. The van der Waals surface area contributed by atoms with Crippen LogP contribution >= 0.6 is 0 Å². The Balaban J connectivity index is 2.27. The number of methoxy groups -OCH3 is 2. The molecule has 1 aromatic heterocycles. The molecule has 0 bridgehead atoms. The van der Waals surface area contributed by atoms with Crippen LogP contribution in [0.2, 0.25) is 0 Å². The van der Waals surface area contributed by atoms with Crippen LogP contribution in [-0.2, 0) is 6.54 Å². The molecule has 0 spiro atoms. The Morgan fingerprint density at radius 1 is 1.43 bits per heavy atom. The molecule has 0 radical (unpaired) electrons. The summed E-state index contributed by atoms with van der Waals surface area (Å²) in [4.78, 5) is 7.01. The third-order valence-electron chi connectivity index (χ3n) is 4.56. The summed E-state index contributed by atoms with van der Waals surface area (Å²) in [5, 5.41) is 3.57. The molecule has 5 heteroatoms. The van der Waals surface area contributed by atoms with E-state index < -0.39 is 0 Å². The first-order valence-corrected chi connectivity index (χ1v) is 7.58. The molecule has 2 atom stereocenters. The van der Waals surface area contributed by atoms with Gasteiger partial charge < -0.3 is 14.8 Å². The monoisotopic (exact) mass is 293 g/mol. The Labute approximate surface area is 127 Å². The fourth-order valence-corrected chi connectivity index (χ4v) is 2.87. The van der Waals surface area contributed by atoms with Gasteiger partial charge in [0.2, 0.25) is 0 Å². The van der Waals surface area contributed by atoms with E-state index in [0.29, 0.717) is 6.04 Å². The lowest BCUT2D eigenvalue weighted by molar-refractivity contribution is 0.0434. The summed E-state index contributed by atoms with van der Waals surface area (Å²) in [6, 6.07) is 2.32. The van der Waals surface area contributed by atoms with Crippen LogP contribution in [0.3, 0.4) is 0 Å². The summed E-state index contributed by atoms with van der Waals surface area (Å²) < 4.78 is 10.9. The summed E-state index contributed by atoms with van der Waals surface area (Å²) in [5.74, 6) is 1.48. The predicted molar refractivity (Wildman–Crippen MR) is 83.9 cm³/mol. The number of nitrogens with zero attached hydrogens (tertiary/aromatic N) is 2. The first kappa shape index (κ1) is 16.0. The molecule has 2 heterocycles. The summed E-state index contributed by atoms with van der Waals surface area (Å²) >= 11 is 0. The minimum atomic E-state index is 0.141. The van der Waals surface area contributed by atoms with Gasteiger partial charge in [0.25, 0.3) is 0 Å². The van der Waals surface area contributed by atoms with E-state index >= 15 is 0 Å². The topological polar surface area (TPSA) is 46.6 Å². The van der Waals surface area contributed by atoms with Crippen LogP contribution in [0, 0.1) is 0 Å². The molecule has 5 nitrogen and oxygen atoms in total. The maximum absolute atomic E-state index is 5.51. The molecular weight excluding hydrogens is 266 g/mol. The number of pyridine rings is 1. The van der Waals surface area contributed by atoms with E-state index in [0.717, 1.165) is 43.2 Å². The molecule has 1 fully saturated rings. The van der Waals surface area contributed by atoms with Gasteiger partial charge in [-0.25, -0.2) is 0 Å². The second kappa shape index (κ2) is 6.62. The average molecular weight is 293 g/mol. The van der Waals surface area contributed by atoms with E-state index in [2.05, 4.69) is 36.0 Å². The highest BCUT2D eigenvalue weighted by Gasteiger charge is 2.35. The van der Waals surface area contributed by atoms with Gasteiger partial charge in [-0.2, -0.15) is 0 Å². The maximum Gasteiger partial charge on any atom is 0.183 e. The smallest absolute Gasteiger partial charge is 0.183 e. The van der Waals surface area contributed by atoms with Crippen molar-refractivity contribution in [3.63, 3.8) is 0 Å². The Morgan fingerprint density at radius 3 is 2.81 bits per heavy atom. The molecule has 118 valence electrons. The van der Waals surface area contributed by atoms with Gasteiger partial charge >= 0.3 is 0 Å². The van der Waals surface area contributed by atoms with E-state index in [4.69, 9.17) is 9.47 Å². The van der Waals surface area contributed by atoms with Crippen molar-refractivity contribution in [2.45, 2.75) is 45.3 Å². The average Bonchev–Trinajstić information content (AvgIpc) is 2.50. The highest BCUT2D eigenvalue weighted by atomic mass is 16.5. The fourth-order valence-electron chi connectivity index (χ4n) is 2.87. The Morgan fingerprint density at radius 2 is 2.19 bits per heavy atom. The molecule has 2 rings (SSSR count). The predicted octanol–water partition coefficient (Wildman–Crippen LogP) is 2.06. The van der Waals surface area contributed by atoms with Crippen molar-refractivity contribution in [2.75, 3.05) is 27.3 Å². The van der Waals surface area contributed by atoms with E-state index in [9.17, 15) is 0 Å². The fraction of sp³-hybridized carbons (Fsp3) is 0.688. The zero-order valence-corrected chi connectivity index (χ0v) is 13.8. The van der Waals surface area contributed by atoms with Gasteiger partial charge in [-0.1, -0.05) is 6.92 Å². The Hall–Kier alpha value is -1.33. The summed E-state index contributed by atoms with van der Waals surface area (Å²) in [5.41, 5.74) is 1.08. The van der Waals surface area contributed by atoms with Crippen molar-refractivity contribution < 1.29 is 9.47 Å². The number of aromatic nitrogens is 1. The number of nitrogens with one attached hydrogen (secondary N) is 1. The Bertz CT molecular complexity index is 481. The zero-order chi connectivity index (χ0) is 15.5. The number of hydrogen-bond donors (Lipinski definition) is 1. The number of piperazine rings is 1. The highest BCUT2D eigenvalue weighted by molar-refractivity contribution is 5.42. The SMILES string of the molecule is CCC1(C)CNC(C)CN1Cc1nccc(OC)c1OC. The molecule has 1 aromatic rings. The molecule has 0 saturated carbocycles. The van der Waals surface area contributed by atoms with E-state index in [-0.39, 0.29) is 5.54 Å². The molecule has 0 aromatic carbocycles. The largest absolute Gasteiger partial charge is 0.493 e. The second-order valence-electron chi connectivity index (χ2n) is 6.01. The standard InChI is InChI=1S/C16H27N3O2/c1-6-16(3)11-18-12(2)9-19(16)10-13-15(21-5)14(20-4)7-8-17-13/h7-8,12,18H,6,9-11H2,1-5H3. The van der Waals surface area contributed by atoms with Crippen molar-refractivity contribution in [1.82, 2.24) is 15.2 Å². The Kier molecular flexibility index (Phi) is 5.06. The van der Waals surface area contributed by atoms with Gasteiger partial charge in [-0.05, 0) is 20.3 Å². The summed E-state index contributed by atoms with van der Waals surface area (Å²) in [6.07, 6.45) is 2.88. The molecule has 1 saturated heterocycles. The molecule has 0 amide bonds. The summed E-state index contributed by atoms with van der Waals surface area (Å²) in [7, 11) is 3.33. The van der Waals surface area contributed by atoms with E-state index in [1.54, 1.807) is 20.4 Å². The third-order valence-corrected chi connectivity index (χ3v) is 4.56. The first-order chi connectivity index (χ1) is 10.0. The van der Waals surface area contributed by atoms with Crippen LogP contribution in [0.15, 0.2) is 12.3 Å². The van der Waals surface area contributed by atoms with Crippen molar-refractivity contribution in [3.8, 4) is 11.5 Å². The van der Waals surface area contributed by atoms with Gasteiger partial charge in [-0.3, -0.25) is 9.88 Å². The van der Waals surface area contributed by atoms with E-state index in [1.807, 2.05) is 6.07 Å². The van der Waals surface area contributed by atoms with Crippen LogP contribution < -0.4 is 14.8 Å². The van der Waals surface area contributed by atoms with Gasteiger partial charge in [0.1, 0.15) is 5.69 Å². The molecule has 1 aliphatic rings. The highest BCUT2D eigenvalue weighted by Crippen LogP contribution is 2.32. The van der Waals surface area contributed by atoms with Crippen molar-refractivity contribution in [2.24, 2.45) is 0 Å². The van der Waals surface area contributed by atoms with Crippen LogP contribution in [0.5, 0.6) is 11.5 Å². The van der Waals surface area contributed by atoms with Gasteiger partial charge in [-0.15, -0.1) is 0 Å². The maximum atomic E-state index is 5.51. The minimum absolute atomic E-state index is 0.141. The van der Waals surface area contributed by atoms with Crippen LogP contribution in [-0.4, -0.2) is 48.8 Å². The van der Waals surface area contributed by atoms with Gasteiger partial charge in [0.15, 0.2) is 11.5 Å². The van der Waals surface area contributed by atoms with Crippen molar-refractivity contribution in [3.05, 3.63) is 18.0 Å². The molecule has 1 N–H and O–H groups in total. The molecule has 0 aliphatic carbocycles. The molecule has 1 aliphatic heterocycles. The van der Waals surface area contributed by atoms with Gasteiger partial charge in [0, 0.05) is 43.5 Å². The lowest BCUT2D eigenvalue weighted by Gasteiger charge is -2.47. The lowest BCUT2D eigenvalue weighted by Crippen LogP contribution is -2.61. The molecule has 21 heavy (non-hydrogen) atoms. The quantitative estimate of drug-likeness (QED) is 0.900. The summed E-state index contributed by atoms with van der Waals surface area (Å²) in [6.45, 7) is 9.54. The number of rotatable bonds is 5.